The van der Waals surface area contributed by atoms with E-state index in [-0.39, 0.29) is 36.4 Å². The number of hydrogen-bond acceptors (Lipinski definition) is 5. The Balaban J connectivity index is 0.00000784. The lowest BCUT2D eigenvalue weighted by Gasteiger charge is -2.19. The highest BCUT2D eigenvalue weighted by molar-refractivity contribution is 14.0. The van der Waals surface area contributed by atoms with Gasteiger partial charge >= 0.3 is 0 Å². The molecule has 1 aromatic carbocycles. The lowest BCUT2D eigenvalue weighted by atomic mass is 10.2. The number of ether oxygens (including phenoxy) is 2. The van der Waals surface area contributed by atoms with Crippen molar-refractivity contribution in [1.29, 1.82) is 0 Å². The van der Waals surface area contributed by atoms with E-state index in [4.69, 9.17) is 9.47 Å². The van der Waals surface area contributed by atoms with Crippen LogP contribution in [0.5, 0.6) is 5.75 Å². The van der Waals surface area contributed by atoms with E-state index in [1.54, 1.807) is 33.2 Å². The topological polar surface area (TPSA) is 78.4 Å². The second kappa shape index (κ2) is 16.2. The first-order valence-electron chi connectivity index (χ1n) is 9.49. The van der Waals surface area contributed by atoms with Crippen molar-refractivity contribution >= 4 is 35.8 Å². The molecule has 0 aromatic heterocycles. The summed E-state index contributed by atoms with van der Waals surface area (Å²) in [6, 6.07) is 7.79. The number of carbonyl (C=O) groups is 1. The van der Waals surface area contributed by atoms with Crippen LogP contribution in [0.3, 0.4) is 0 Å². The second-order valence-electron chi connectivity index (χ2n) is 6.73. The number of amides is 1. The number of nitrogens with zero attached hydrogens (tertiary/aromatic N) is 3. The molecule has 1 aromatic rings. The van der Waals surface area contributed by atoms with Crippen molar-refractivity contribution in [2.24, 2.45) is 4.99 Å². The number of hydrogen-bond donors (Lipinski definition) is 2. The zero-order valence-corrected chi connectivity index (χ0v) is 20.6. The van der Waals surface area contributed by atoms with Crippen LogP contribution in [-0.2, 0) is 16.1 Å². The molecule has 29 heavy (non-hydrogen) atoms. The Labute approximate surface area is 192 Å². The van der Waals surface area contributed by atoms with Gasteiger partial charge in [0.1, 0.15) is 5.75 Å². The molecule has 0 atom stereocenters. The van der Waals surface area contributed by atoms with Crippen molar-refractivity contribution in [3.05, 3.63) is 29.8 Å². The summed E-state index contributed by atoms with van der Waals surface area (Å²) in [5.74, 6) is 1.43. The first kappa shape index (κ1) is 27.4. The van der Waals surface area contributed by atoms with Crippen molar-refractivity contribution in [2.45, 2.75) is 13.0 Å². The number of rotatable bonds is 12. The van der Waals surface area contributed by atoms with Crippen LogP contribution in [0.15, 0.2) is 29.3 Å². The molecule has 0 spiro atoms. The number of likely N-dealkylation sites (N-methyl/N-ethyl adjacent to an activating group) is 2. The Hall–Kier alpha value is -1.59. The van der Waals surface area contributed by atoms with Gasteiger partial charge in [-0.2, -0.15) is 0 Å². The summed E-state index contributed by atoms with van der Waals surface area (Å²) in [6.07, 6.45) is 1.00. The van der Waals surface area contributed by atoms with E-state index < -0.39 is 0 Å². The Morgan fingerprint density at radius 3 is 2.34 bits per heavy atom. The molecule has 0 aliphatic heterocycles. The minimum Gasteiger partial charge on any atom is -0.497 e. The van der Waals surface area contributed by atoms with Gasteiger partial charge in [0.15, 0.2) is 5.96 Å². The van der Waals surface area contributed by atoms with E-state index in [0.717, 1.165) is 44.0 Å². The summed E-state index contributed by atoms with van der Waals surface area (Å²) in [5, 5.41) is 6.40. The maximum Gasteiger partial charge on any atom is 0.241 e. The number of halogens is 1. The molecule has 1 amide bonds. The van der Waals surface area contributed by atoms with Gasteiger partial charge in [0.05, 0.1) is 20.2 Å². The Morgan fingerprint density at radius 2 is 1.76 bits per heavy atom. The third-order valence-electron chi connectivity index (χ3n) is 4.16. The van der Waals surface area contributed by atoms with E-state index in [0.29, 0.717) is 12.5 Å². The average molecular weight is 521 g/mol. The second-order valence-corrected chi connectivity index (χ2v) is 6.73. The molecule has 166 valence electrons. The van der Waals surface area contributed by atoms with Crippen LogP contribution in [0.2, 0.25) is 0 Å². The highest BCUT2D eigenvalue weighted by atomic mass is 127. The fraction of sp³-hybridized carbons (Fsp3) is 0.600. The molecule has 0 radical (unpaired) electrons. The van der Waals surface area contributed by atoms with Gasteiger partial charge in [-0.3, -0.25) is 4.79 Å². The molecule has 9 heteroatoms. The molecule has 0 unspecified atom stereocenters. The Kier molecular flexibility index (Phi) is 15.3. The first-order chi connectivity index (χ1) is 13.5. The van der Waals surface area contributed by atoms with Crippen molar-refractivity contribution in [3.63, 3.8) is 0 Å². The van der Waals surface area contributed by atoms with Gasteiger partial charge in [-0.1, -0.05) is 12.1 Å². The van der Waals surface area contributed by atoms with Crippen molar-refractivity contribution in [2.75, 3.05) is 68.1 Å². The normalized spacial score (nSPS) is 11.0. The Morgan fingerprint density at radius 1 is 1.07 bits per heavy atom. The minimum atomic E-state index is -0.00405. The van der Waals surface area contributed by atoms with Gasteiger partial charge in [-0.05, 0) is 31.2 Å². The lowest BCUT2D eigenvalue weighted by Crippen LogP contribution is -2.45. The lowest BCUT2D eigenvalue weighted by molar-refractivity contribution is -0.127. The predicted molar refractivity (Wildman–Crippen MR) is 128 cm³/mol. The van der Waals surface area contributed by atoms with Gasteiger partial charge in [0.25, 0.3) is 0 Å². The zero-order valence-electron chi connectivity index (χ0n) is 18.2. The van der Waals surface area contributed by atoms with Crippen LogP contribution >= 0.6 is 24.0 Å². The number of carbonyl (C=O) groups excluding carboxylic acids is 1. The number of aliphatic imine (C=N–C) groups is 1. The van der Waals surface area contributed by atoms with Gasteiger partial charge in [0.2, 0.25) is 5.91 Å². The van der Waals surface area contributed by atoms with Crippen molar-refractivity contribution in [1.82, 2.24) is 20.4 Å². The Bertz CT molecular complexity index is 596. The smallest absolute Gasteiger partial charge is 0.241 e. The highest BCUT2D eigenvalue weighted by Crippen LogP contribution is 2.11. The molecule has 0 heterocycles. The molecular formula is C20H36IN5O3. The molecule has 8 nitrogen and oxygen atoms in total. The molecule has 2 N–H and O–H groups in total. The van der Waals surface area contributed by atoms with Crippen LogP contribution in [-0.4, -0.2) is 89.8 Å². The quantitative estimate of drug-likeness (QED) is 0.188. The van der Waals surface area contributed by atoms with E-state index in [1.807, 2.05) is 24.3 Å². The average Bonchev–Trinajstić information content (AvgIpc) is 2.69. The maximum atomic E-state index is 11.9. The molecule has 0 bridgehead atoms. The molecule has 0 fully saturated rings. The number of guanidine groups is 1. The first-order valence-corrected chi connectivity index (χ1v) is 9.49. The number of benzene rings is 1. The fourth-order valence-electron chi connectivity index (χ4n) is 2.35. The van der Waals surface area contributed by atoms with Crippen LogP contribution in [0.25, 0.3) is 0 Å². The summed E-state index contributed by atoms with van der Waals surface area (Å²) < 4.78 is 10.3. The van der Waals surface area contributed by atoms with Crippen LogP contribution in [0.1, 0.15) is 12.0 Å². The van der Waals surface area contributed by atoms with Gasteiger partial charge in [-0.15, -0.1) is 24.0 Å². The molecule has 0 saturated carbocycles. The minimum absolute atomic E-state index is 0. The monoisotopic (exact) mass is 521 g/mol. The maximum absolute atomic E-state index is 11.9. The van der Waals surface area contributed by atoms with E-state index in [2.05, 4.69) is 27.6 Å². The van der Waals surface area contributed by atoms with Crippen molar-refractivity contribution in [3.8, 4) is 5.75 Å². The van der Waals surface area contributed by atoms with Crippen LogP contribution < -0.4 is 15.4 Å². The predicted octanol–water partition coefficient (Wildman–Crippen LogP) is 1.40. The zero-order chi connectivity index (χ0) is 20.8. The summed E-state index contributed by atoms with van der Waals surface area (Å²) in [5.41, 5.74) is 1.07. The summed E-state index contributed by atoms with van der Waals surface area (Å²) in [7, 11) is 8.91. The van der Waals surface area contributed by atoms with E-state index in [1.165, 1.54) is 0 Å². The third-order valence-corrected chi connectivity index (χ3v) is 4.16. The molecule has 0 aliphatic rings. The van der Waals surface area contributed by atoms with Gasteiger partial charge < -0.3 is 29.9 Å². The van der Waals surface area contributed by atoms with Crippen LogP contribution in [0.4, 0.5) is 0 Å². The molecule has 0 aliphatic carbocycles. The molecule has 1 rings (SSSR count). The van der Waals surface area contributed by atoms with Gasteiger partial charge in [0, 0.05) is 47.4 Å². The van der Waals surface area contributed by atoms with E-state index >= 15 is 0 Å². The third kappa shape index (κ3) is 12.6. The summed E-state index contributed by atoms with van der Waals surface area (Å²) >= 11 is 0. The van der Waals surface area contributed by atoms with E-state index in [9.17, 15) is 4.79 Å². The number of methoxy groups -OCH3 is 2. The summed E-state index contributed by atoms with van der Waals surface area (Å²) in [4.78, 5) is 20.3. The standard InChI is InChI=1S/C20H35N5O3.HI/c1-24(2)19(26)16-23-20(21-11-13-25(3)12-6-14-27-4)22-15-17-7-9-18(28-5)10-8-17;/h7-10H,6,11-16H2,1-5H3,(H2,21,22,23);1H. The van der Waals surface area contributed by atoms with Gasteiger partial charge in [-0.25, -0.2) is 4.99 Å². The summed E-state index contributed by atoms with van der Waals surface area (Å²) in [6.45, 7) is 4.05. The van der Waals surface area contributed by atoms with Crippen molar-refractivity contribution < 1.29 is 14.3 Å². The number of nitrogens with one attached hydrogen (secondary N) is 2. The largest absolute Gasteiger partial charge is 0.497 e. The molecule has 0 saturated heterocycles. The van der Waals surface area contributed by atoms with Crippen LogP contribution in [0, 0.1) is 0 Å². The highest BCUT2D eigenvalue weighted by Gasteiger charge is 2.06. The fourth-order valence-corrected chi connectivity index (χ4v) is 2.35. The SMILES string of the molecule is COCCCN(C)CCNC(=NCc1ccc(OC)cc1)NCC(=O)N(C)C.I. The molecular weight excluding hydrogens is 485 g/mol.